The van der Waals surface area contributed by atoms with Crippen molar-refractivity contribution in [3.8, 4) is 16.9 Å². The van der Waals surface area contributed by atoms with Gasteiger partial charge in [0.2, 0.25) is 0 Å². The lowest BCUT2D eigenvalue weighted by atomic mass is 9.98. The molecule has 0 unspecified atom stereocenters. The van der Waals surface area contributed by atoms with Gasteiger partial charge in [-0.15, -0.1) is 15.7 Å². The number of rotatable bonds is 14. The molecule has 1 heterocycles. The molecule has 0 spiro atoms. The second-order valence-electron chi connectivity index (χ2n) is 9.47. The van der Waals surface area contributed by atoms with E-state index in [4.69, 9.17) is 9.47 Å². The zero-order valence-corrected chi connectivity index (χ0v) is 26.0. The van der Waals surface area contributed by atoms with Crippen molar-refractivity contribution in [2.24, 2.45) is 4.40 Å². The third-order valence-corrected chi connectivity index (χ3v) is 10.6. The van der Waals surface area contributed by atoms with Gasteiger partial charge < -0.3 is 14.4 Å². The number of sulfonamides is 2. The van der Waals surface area contributed by atoms with Crippen LogP contribution in [0.5, 0.6) is 5.75 Å². The largest absolute Gasteiger partial charge is 0.491 e. The number of benzene rings is 3. The first-order chi connectivity index (χ1) is 20.1. The second kappa shape index (κ2) is 14.1. The van der Waals surface area contributed by atoms with E-state index in [9.17, 15) is 16.8 Å². The first-order valence-corrected chi connectivity index (χ1v) is 16.8. The number of hydrogen-bond acceptors (Lipinski definition) is 7. The standard InChI is InChI=1S/C30H33N3O6S3/c1-32(2)23-31-41(34,35)29-16-8-7-13-26(29)25-14-9-15-28(39-19-18-38-3)27(25)22-33(21-24-11-5-4-6-12-24)42(36,37)30-17-10-20-40-30/h4-17,20,23H,18-19,21-22H2,1-3H3. The monoisotopic (exact) mass is 627 g/mol. The van der Waals surface area contributed by atoms with Gasteiger partial charge in [-0.05, 0) is 34.7 Å². The maximum Gasteiger partial charge on any atom is 0.284 e. The summed E-state index contributed by atoms with van der Waals surface area (Å²) in [6, 6.07) is 24.4. The van der Waals surface area contributed by atoms with E-state index in [0.717, 1.165) is 16.9 Å². The van der Waals surface area contributed by atoms with E-state index in [1.165, 1.54) is 21.6 Å². The summed E-state index contributed by atoms with van der Waals surface area (Å²) < 4.78 is 71.2. The van der Waals surface area contributed by atoms with Crippen LogP contribution in [0.25, 0.3) is 11.1 Å². The van der Waals surface area contributed by atoms with Crippen LogP contribution in [0, 0.1) is 0 Å². The van der Waals surface area contributed by atoms with Gasteiger partial charge in [0.25, 0.3) is 20.0 Å². The van der Waals surface area contributed by atoms with Crippen molar-refractivity contribution in [2.45, 2.75) is 22.2 Å². The van der Waals surface area contributed by atoms with Gasteiger partial charge >= 0.3 is 0 Å². The molecule has 12 heteroatoms. The molecule has 222 valence electrons. The quantitative estimate of drug-likeness (QED) is 0.109. The summed E-state index contributed by atoms with van der Waals surface area (Å²) in [7, 11) is -3.10. The van der Waals surface area contributed by atoms with Crippen LogP contribution in [0.4, 0.5) is 0 Å². The molecule has 0 aliphatic heterocycles. The van der Waals surface area contributed by atoms with E-state index < -0.39 is 20.0 Å². The molecule has 42 heavy (non-hydrogen) atoms. The summed E-state index contributed by atoms with van der Waals surface area (Å²) >= 11 is 1.14. The smallest absolute Gasteiger partial charge is 0.284 e. The van der Waals surface area contributed by atoms with Gasteiger partial charge in [-0.2, -0.15) is 12.7 Å². The lowest BCUT2D eigenvalue weighted by Gasteiger charge is -2.25. The van der Waals surface area contributed by atoms with Crippen molar-refractivity contribution < 1.29 is 26.3 Å². The molecule has 0 aliphatic carbocycles. The number of thiophene rings is 1. The predicted octanol–water partition coefficient (Wildman–Crippen LogP) is 5.11. The van der Waals surface area contributed by atoms with Crippen LogP contribution in [0.2, 0.25) is 0 Å². The average molecular weight is 628 g/mol. The minimum atomic E-state index is -4.09. The molecule has 9 nitrogen and oxygen atoms in total. The zero-order chi connectivity index (χ0) is 30.2. The van der Waals surface area contributed by atoms with E-state index in [0.29, 0.717) is 29.0 Å². The fourth-order valence-corrected chi connectivity index (χ4v) is 7.88. The number of ether oxygens (including phenoxy) is 2. The van der Waals surface area contributed by atoms with E-state index in [1.807, 2.05) is 30.3 Å². The molecule has 0 fully saturated rings. The van der Waals surface area contributed by atoms with Crippen molar-refractivity contribution >= 4 is 37.7 Å². The highest BCUT2D eigenvalue weighted by Crippen LogP contribution is 2.37. The van der Waals surface area contributed by atoms with Gasteiger partial charge in [0, 0.05) is 45.4 Å². The molecule has 0 aliphatic rings. The molecular weight excluding hydrogens is 595 g/mol. The Balaban J connectivity index is 1.89. The van der Waals surface area contributed by atoms with Crippen LogP contribution >= 0.6 is 11.3 Å². The number of nitrogens with zero attached hydrogens (tertiary/aromatic N) is 3. The minimum absolute atomic E-state index is 0.00545. The highest BCUT2D eigenvalue weighted by Gasteiger charge is 2.29. The zero-order valence-electron chi connectivity index (χ0n) is 23.6. The lowest BCUT2D eigenvalue weighted by molar-refractivity contribution is 0.145. The van der Waals surface area contributed by atoms with Gasteiger partial charge in [-0.3, -0.25) is 0 Å². The Morgan fingerprint density at radius 3 is 2.21 bits per heavy atom. The molecule has 0 saturated carbocycles. The van der Waals surface area contributed by atoms with Crippen LogP contribution in [-0.4, -0.2) is 66.8 Å². The van der Waals surface area contributed by atoms with Gasteiger partial charge in [0.05, 0.1) is 11.5 Å². The Morgan fingerprint density at radius 1 is 0.810 bits per heavy atom. The van der Waals surface area contributed by atoms with Crippen molar-refractivity contribution in [1.82, 2.24) is 9.21 Å². The van der Waals surface area contributed by atoms with Crippen LogP contribution < -0.4 is 4.74 Å². The molecule has 4 rings (SSSR count). The van der Waals surface area contributed by atoms with Crippen molar-refractivity contribution in [1.29, 1.82) is 0 Å². The topological polar surface area (TPSA) is 106 Å². The van der Waals surface area contributed by atoms with E-state index in [1.54, 1.807) is 75.1 Å². The number of hydrogen-bond donors (Lipinski definition) is 0. The summed E-state index contributed by atoms with van der Waals surface area (Å²) in [4.78, 5) is 1.53. The number of methoxy groups -OCH3 is 1. The minimum Gasteiger partial charge on any atom is -0.491 e. The highest BCUT2D eigenvalue weighted by atomic mass is 32.2. The predicted molar refractivity (Wildman–Crippen MR) is 166 cm³/mol. The van der Waals surface area contributed by atoms with E-state index in [-0.39, 0.29) is 28.8 Å². The third kappa shape index (κ3) is 7.64. The summed E-state index contributed by atoms with van der Waals surface area (Å²) in [5, 5.41) is 1.72. The third-order valence-electron chi connectivity index (χ3n) is 6.18. The van der Waals surface area contributed by atoms with Gasteiger partial charge in [0.15, 0.2) is 0 Å². The molecule has 0 amide bonds. The molecular formula is C30H33N3O6S3. The highest BCUT2D eigenvalue weighted by molar-refractivity contribution is 7.91. The van der Waals surface area contributed by atoms with Crippen molar-refractivity contribution in [2.75, 3.05) is 34.4 Å². The van der Waals surface area contributed by atoms with Crippen LogP contribution in [0.1, 0.15) is 11.1 Å². The van der Waals surface area contributed by atoms with Gasteiger partial charge in [0.1, 0.15) is 22.9 Å². The Bertz CT molecular complexity index is 1710. The Kier molecular flexibility index (Phi) is 10.5. The van der Waals surface area contributed by atoms with E-state index in [2.05, 4.69) is 4.40 Å². The average Bonchev–Trinajstić information content (AvgIpc) is 3.53. The van der Waals surface area contributed by atoms with Gasteiger partial charge in [-0.25, -0.2) is 8.42 Å². The van der Waals surface area contributed by atoms with E-state index >= 15 is 0 Å². The molecule has 1 aromatic heterocycles. The molecule has 0 N–H and O–H groups in total. The van der Waals surface area contributed by atoms with Crippen LogP contribution in [0.15, 0.2) is 104 Å². The molecule has 0 saturated heterocycles. The lowest BCUT2D eigenvalue weighted by Crippen LogP contribution is -2.30. The summed E-state index contributed by atoms with van der Waals surface area (Å²) in [6.45, 7) is 0.550. The molecule has 0 bridgehead atoms. The van der Waals surface area contributed by atoms with Crippen molar-refractivity contribution in [3.63, 3.8) is 0 Å². The first kappa shape index (κ1) is 31.4. The second-order valence-corrected chi connectivity index (χ2v) is 14.2. The molecule has 0 radical (unpaired) electrons. The SMILES string of the molecule is COCCOc1cccc(-c2ccccc2S(=O)(=O)N=CN(C)C)c1CN(Cc1ccccc1)S(=O)(=O)c1cccs1. The van der Waals surface area contributed by atoms with Crippen molar-refractivity contribution in [3.05, 3.63) is 101 Å². The molecule has 4 aromatic rings. The summed E-state index contributed by atoms with van der Waals surface area (Å²) in [5.74, 6) is 0.424. The Labute approximate surface area is 251 Å². The Hall–Kier alpha value is -3.55. The molecule has 3 aromatic carbocycles. The van der Waals surface area contributed by atoms with Crippen LogP contribution in [0.3, 0.4) is 0 Å². The first-order valence-electron chi connectivity index (χ1n) is 13.0. The molecule has 0 atom stereocenters. The summed E-state index contributed by atoms with van der Waals surface area (Å²) in [6.07, 6.45) is 1.23. The fourth-order valence-electron chi connectivity index (χ4n) is 4.21. The summed E-state index contributed by atoms with van der Waals surface area (Å²) in [5.41, 5.74) is 2.22. The maximum atomic E-state index is 14.0. The van der Waals surface area contributed by atoms with Crippen LogP contribution in [-0.2, 0) is 37.9 Å². The Morgan fingerprint density at radius 2 is 1.52 bits per heavy atom. The normalized spacial score (nSPS) is 12.2. The maximum absolute atomic E-state index is 14.0. The van der Waals surface area contributed by atoms with Gasteiger partial charge in [-0.1, -0.05) is 66.7 Å². The fraction of sp³-hybridized carbons (Fsp3) is 0.233.